The highest BCUT2D eigenvalue weighted by Crippen LogP contribution is 2.41. The Kier molecular flexibility index (Phi) is 5.66. The molecule has 0 aliphatic rings. The maximum atomic E-state index is 12.9. The molecule has 1 heterocycles. The van der Waals surface area contributed by atoms with Crippen LogP contribution in [-0.2, 0) is 18.0 Å². The number of benzene rings is 1. The Morgan fingerprint density at radius 2 is 2.12 bits per heavy atom. The van der Waals surface area contributed by atoms with Gasteiger partial charge in [-0.05, 0) is 6.07 Å². The molecule has 0 bridgehead atoms. The molecule has 8 nitrogen and oxygen atoms in total. The number of carbonyl (C=O) groups is 1. The molecule has 0 atom stereocenters. The predicted molar refractivity (Wildman–Crippen MR) is 85.9 cm³/mol. The van der Waals surface area contributed by atoms with Gasteiger partial charge in [0.1, 0.15) is 10.8 Å². The molecule has 0 aliphatic carbocycles. The number of nitro groups is 1. The number of hydrogen-bond acceptors (Lipinski definition) is 6. The SMILES string of the molecule is Cn1nc(Oc2ccc([N+](=O)[O-])c(OCC(=O)S)c2)c(Cl)c1C(F)(F)F. The van der Waals surface area contributed by atoms with Gasteiger partial charge in [-0.3, -0.25) is 19.6 Å². The van der Waals surface area contributed by atoms with E-state index in [1.807, 2.05) is 0 Å². The maximum Gasteiger partial charge on any atom is 0.434 e. The molecule has 1 aromatic carbocycles. The van der Waals surface area contributed by atoms with Crippen molar-refractivity contribution in [1.82, 2.24) is 9.78 Å². The number of alkyl halides is 3. The third-order valence-corrected chi connectivity index (χ3v) is 3.39. The second-order valence-corrected chi connectivity index (χ2v) is 5.64. The van der Waals surface area contributed by atoms with Crippen LogP contribution in [0.1, 0.15) is 5.69 Å². The fourth-order valence-corrected chi connectivity index (χ4v) is 2.29. The molecule has 0 N–H and O–H groups in total. The average Bonchev–Trinajstić information content (AvgIpc) is 2.78. The Morgan fingerprint density at radius 3 is 2.62 bits per heavy atom. The van der Waals surface area contributed by atoms with Gasteiger partial charge < -0.3 is 9.47 Å². The van der Waals surface area contributed by atoms with Gasteiger partial charge in [-0.1, -0.05) is 11.6 Å². The van der Waals surface area contributed by atoms with Gasteiger partial charge >= 0.3 is 11.9 Å². The normalized spacial score (nSPS) is 11.3. The summed E-state index contributed by atoms with van der Waals surface area (Å²) < 4.78 is 49.4. The first-order valence-electron chi connectivity index (χ1n) is 6.61. The number of nitrogens with zero attached hydrogens (tertiary/aromatic N) is 3. The van der Waals surface area contributed by atoms with Gasteiger partial charge in [0.05, 0.1) is 4.92 Å². The van der Waals surface area contributed by atoms with E-state index in [0.29, 0.717) is 4.68 Å². The molecule has 0 radical (unpaired) electrons. The fourth-order valence-electron chi connectivity index (χ4n) is 1.92. The van der Waals surface area contributed by atoms with E-state index in [-0.39, 0.29) is 11.5 Å². The highest BCUT2D eigenvalue weighted by atomic mass is 35.5. The number of aryl methyl sites for hydroxylation is 1. The summed E-state index contributed by atoms with van der Waals surface area (Å²) >= 11 is 9.14. The molecular weight excluding hydrogens is 403 g/mol. The topological polar surface area (TPSA) is 96.5 Å². The molecule has 0 saturated heterocycles. The highest BCUT2D eigenvalue weighted by molar-refractivity contribution is 7.96. The Labute approximate surface area is 154 Å². The van der Waals surface area contributed by atoms with E-state index < -0.39 is 45.1 Å². The van der Waals surface area contributed by atoms with Crippen molar-refractivity contribution in [1.29, 1.82) is 0 Å². The summed E-state index contributed by atoms with van der Waals surface area (Å²) in [6.07, 6.45) is -4.75. The van der Waals surface area contributed by atoms with Crippen LogP contribution < -0.4 is 9.47 Å². The van der Waals surface area contributed by atoms with E-state index in [9.17, 15) is 28.1 Å². The smallest absolute Gasteiger partial charge is 0.434 e. The van der Waals surface area contributed by atoms with Gasteiger partial charge in [-0.25, -0.2) is 0 Å². The zero-order chi connectivity index (χ0) is 19.6. The van der Waals surface area contributed by atoms with Crippen LogP contribution >= 0.6 is 24.2 Å². The van der Waals surface area contributed by atoms with Crippen LogP contribution in [0.3, 0.4) is 0 Å². The zero-order valence-corrected chi connectivity index (χ0v) is 14.4. The van der Waals surface area contributed by atoms with Crippen LogP contribution in [0.4, 0.5) is 18.9 Å². The minimum atomic E-state index is -4.75. The van der Waals surface area contributed by atoms with Gasteiger partial charge in [-0.15, -0.1) is 17.7 Å². The van der Waals surface area contributed by atoms with Crippen molar-refractivity contribution in [2.45, 2.75) is 6.18 Å². The van der Waals surface area contributed by atoms with E-state index in [0.717, 1.165) is 25.2 Å². The van der Waals surface area contributed by atoms with Crippen molar-refractivity contribution in [3.8, 4) is 17.4 Å². The monoisotopic (exact) mass is 411 g/mol. The van der Waals surface area contributed by atoms with Crippen molar-refractivity contribution in [3.63, 3.8) is 0 Å². The number of thiol groups is 1. The summed E-state index contributed by atoms with van der Waals surface area (Å²) in [7, 11) is 1.03. The predicted octanol–water partition coefficient (Wildman–Crippen LogP) is 3.63. The van der Waals surface area contributed by atoms with Crippen LogP contribution in [0.15, 0.2) is 18.2 Å². The first-order valence-corrected chi connectivity index (χ1v) is 7.43. The minimum absolute atomic E-state index is 0.133. The number of halogens is 4. The lowest BCUT2D eigenvalue weighted by atomic mass is 10.3. The summed E-state index contributed by atoms with van der Waals surface area (Å²) in [5.41, 5.74) is -1.69. The molecule has 0 saturated carbocycles. The second-order valence-electron chi connectivity index (χ2n) is 4.76. The van der Waals surface area contributed by atoms with E-state index in [4.69, 9.17) is 21.1 Å². The molecular formula is C13H9ClF3N3O5S. The molecule has 2 aromatic rings. The van der Waals surface area contributed by atoms with Gasteiger partial charge in [0.25, 0.3) is 5.88 Å². The molecule has 0 amide bonds. The Hall–Kier alpha value is -2.47. The lowest BCUT2D eigenvalue weighted by molar-refractivity contribution is -0.385. The number of hydrogen-bond donors (Lipinski definition) is 1. The summed E-state index contributed by atoms with van der Waals surface area (Å²) in [6, 6.07) is 3.13. The lowest BCUT2D eigenvalue weighted by Gasteiger charge is -2.08. The first kappa shape index (κ1) is 19.8. The van der Waals surface area contributed by atoms with Gasteiger partial charge in [0.2, 0.25) is 10.9 Å². The third-order valence-electron chi connectivity index (χ3n) is 2.92. The highest BCUT2D eigenvalue weighted by Gasteiger charge is 2.39. The molecule has 0 unspecified atom stereocenters. The van der Waals surface area contributed by atoms with Gasteiger partial charge in [0, 0.05) is 19.2 Å². The summed E-state index contributed by atoms with van der Waals surface area (Å²) in [5.74, 6) is -1.02. The van der Waals surface area contributed by atoms with Crippen LogP contribution in [0.2, 0.25) is 5.02 Å². The van der Waals surface area contributed by atoms with Gasteiger partial charge in [0.15, 0.2) is 12.3 Å². The quantitative estimate of drug-likeness (QED) is 0.443. The molecule has 0 aliphatic heterocycles. The van der Waals surface area contributed by atoms with E-state index in [1.54, 1.807) is 0 Å². The summed E-state index contributed by atoms with van der Waals surface area (Å²) in [5, 5.41) is 13.0. The van der Waals surface area contributed by atoms with Gasteiger partial charge in [-0.2, -0.15) is 13.2 Å². The number of aromatic nitrogens is 2. The summed E-state index contributed by atoms with van der Waals surface area (Å²) in [6.45, 7) is -0.560. The van der Waals surface area contributed by atoms with Crippen molar-refractivity contribution < 1.29 is 32.4 Å². The first-order chi connectivity index (χ1) is 12.0. The van der Waals surface area contributed by atoms with Crippen LogP contribution in [0, 0.1) is 10.1 Å². The van der Waals surface area contributed by atoms with Crippen molar-refractivity contribution in [3.05, 3.63) is 39.0 Å². The van der Waals surface area contributed by atoms with E-state index in [2.05, 4.69) is 17.7 Å². The Balaban J connectivity index is 2.37. The standard InChI is InChI=1S/C13H9ClF3N3O5S/c1-19-11(13(15,16)17)10(14)12(18-19)25-6-2-3-7(20(22)23)8(4-6)24-5-9(21)26/h2-4H,5H2,1H3,(H,21,26). The molecule has 140 valence electrons. The van der Waals surface area contributed by atoms with E-state index in [1.165, 1.54) is 0 Å². The molecule has 0 fully saturated rings. The van der Waals surface area contributed by atoms with Crippen LogP contribution in [0.25, 0.3) is 0 Å². The average molecular weight is 412 g/mol. The Morgan fingerprint density at radius 1 is 1.46 bits per heavy atom. The Bertz CT molecular complexity index is 871. The van der Waals surface area contributed by atoms with Crippen LogP contribution in [-0.4, -0.2) is 26.4 Å². The molecule has 2 rings (SSSR count). The molecule has 1 aromatic heterocycles. The number of carbonyl (C=O) groups excluding carboxylic acids is 1. The van der Waals surface area contributed by atoms with Crippen molar-refractivity contribution in [2.24, 2.45) is 7.05 Å². The largest absolute Gasteiger partial charge is 0.478 e. The minimum Gasteiger partial charge on any atom is -0.478 e. The molecule has 26 heavy (non-hydrogen) atoms. The lowest BCUT2D eigenvalue weighted by Crippen LogP contribution is -2.12. The maximum absolute atomic E-state index is 12.9. The van der Waals surface area contributed by atoms with Crippen LogP contribution in [0.5, 0.6) is 17.4 Å². The number of ether oxygens (including phenoxy) is 2. The second kappa shape index (κ2) is 7.41. The number of nitro benzene ring substituents is 1. The molecule has 13 heteroatoms. The van der Waals surface area contributed by atoms with Crippen molar-refractivity contribution in [2.75, 3.05) is 6.61 Å². The third kappa shape index (κ3) is 4.38. The molecule has 0 spiro atoms. The zero-order valence-electron chi connectivity index (χ0n) is 12.8. The van der Waals surface area contributed by atoms with E-state index >= 15 is 0 Å². The van der Waals surface area contributed by atoms with Crippen molar-refractivity contribution >= 4 is 35.0 Å². The summed E-state index contributed by atoms with van der Waals surface area (Å²) in [4.78, 5) is 21.1. The number of rotatable bonds is 6. The fraction of sp³-hybridized carbons (Fsp3) is 0.231.